The van der Waals surface area contributed by atoms with Gasteiger partial charge in [0, 0.05) is 31.1 Å². The van der Waals surface area contributed by atoms with Crippen molar-refractivity contribution < 1.29 is 37.8 Å². The van der Waals surface area contributed by atoms with Gasteiger partial charge in [0.2, 0.25) is 11.8 Å². The first kappa shape index (κ1) is 28.0. The Morgan fingerprint density at radius 3 is 2.88 bits per heavy atom. The van der Waals surface area contributed by atoms with E-state index in [0.717, 1.165) is 0 Å². The Labute approximate surface area is 231 Å². The number of hydrogen-bond donors (Lipinski definition) is 2. The highest BCUT2D eigenvalue weighted by Crippen LogP contribution is 2.46. The molecule has 3 heterocycles. The highest BCUT2D eigenvalue weighted by Gasteiger charge is 2.62. The number of rotatable bonds is 3. The van der Waals surface area contributed by atoms with Gasteiger partial charge in [-0.25, -0.2) is 14.0 Å². The van der Waals surface area contributed by atoms with Crippen molar-refractivity contribution in [1.29, 1.82) is 0 Å². The molecular formula is C28H35FN4O7. The summed E-state index contributed by atoms with van der Waals surface area (Å²) in [5, 5.41) is 2.85. The minimum absolute atomic E-state index is 0.0193. The van der Waals surface area contributed by atoms with Crippen molar-refractivity contribution in [2.75, 3.05) is 26.4 Å². The summed E-state index contributed by atoms with van der Waals surface area (Å²) in [5.41, 5.74) is 6.06. The molecule has 4 aliphatic rings. The van der Waals surface area contributed by atoms with E-state index in [-0.39, 0.29) is 51.0 Å². The predicted octanol–water partition coefficient (Wildman–Crippen LogP) is 1.38. The first-order valence-electron chi connectivity index (χ1n) is 13.7. The SMILES string of the molecule is CCOC(=O)[C@@]12C[C@H]1/C=C\CCCOC[C@H](N)C(=O)N1C[C@H](OC(=O)N3Cc4cccc(F)c4C3)C[C@H]1C(=O)N2. The van der Waals surface area contributed by atoms with Gasteiger partial charge in [-0.15, -0.1) is 0 Å². The normalized spacial score (nSPS) is 31.2. The molecule has 2 fully saturated rings. The molecule has 3 aliphatic heterocycles. The van der Waals surface area contributed by atoms with E-state index in [4.69, 9.17) is 19.9 Å². The molecule has 0 radical (unpaired) electrons. The lowest BCUT2D eigenvalue weighted by atomic mass is 10.1. The topological polar surface area (TPSA) is 140 Å². The Balaban J connectivity index is 1.33. The monoisotopic (exact) mass is 558 g/mol. The van der Waals surface area contributed by atoms with Crippen LogP contribution in [0.5, 0.6) is 0 Å². The fraction of sp³-hybridized carbons (Fsp3) is 0.571. The average molecular weight is 559 g/mol. The Morgan fingerprint density at radius 2 is 2.10 bits per heavy atom. The van der Waals surface area contributed by atoms with Crippen molar-refractivity contribution in [2.45, 2.75) is 69.4 Å². The zero-order valence-electron chi connectivity index (χ0n) is 22.5. The molecule has 0 unspecified atom stereocenters. The molecule has 0 aromatic heterocycles. The minimum Gasteiger partial charge on any atom is -0.464 e. The summed E-state index contributed by atoms with van der Waals surface area (Å²) in [7, 11) is 0. The van der Waals surface area contributed by atoms with E-state index >= 15 is 0 Å². The number of allylic oxidation sites excluding steroid dienone is 1. The summed E-state index contributed by atoms with van der Waals surface area (Å²) in [6, 6.07) is 2.65. The van der Waals surface area contributed by atoms with E-state index in [1.54, 1.807) is 19.1 Å². The van der Waals surface area contributed by atoms with Gasteiger partial charge >= 0.3 is 12.1 Å². The summed E-state index contributed by atoms with van der Waals surface area (Å²) in [4.78, 5) is 55.5. The number of nitrogens with one attached hydrogen (secondary N) is 1. The number of ether oxygens (including phenoxy) is 3. The lowest BCUT2D eigenvalue weighted by Crippen LogP contribution is -2.56. The maximum Gasteiger partial charge on any atom is 0.410 e. The van der Waals surface area contributed by atoms with Crippen molar-refractivity contribution >= 4 is 23.9 Å². The Morgan fingerprint density at radius 1 is 1.27 bits per heavy atom. The number of esters is 1. The number of fused-ring (bicyclic) bond motifs is 3. The number of hydrogen-bond acceptors (Lipinski definition) is 8. The third-order valence-corrected chi connectivity index (χ3v) is 7.94. The molecule has 12 heteroatoms. The molecule has 216 valence electrons. The fourth-order valence-electron chi connectivity index (χ4n) is 5.67. The lowest BCUT2D eigenvalue weighted by molar-refractivity contribution is -0.150. The standard InChI is InChI=1S/C28H35FN4O7/c1-2-39-26(36)28-12-18(28)8-4-3-5-10-38-16-22(30)25(35)33-14-19(11-23(33)24(34)31-28)40-27(37)32-13-17-7-6-9-21(29)20(17)15-32/h4,6-9,18-19,22-23H,2-3,5,10-16,30H2,1H3,(H,31,34)/b8-4-/t18-,19-,22+,23+,28-/m1/s1. The maximum atomic E-state index is 14.2. The van der Waals surface area contributed by atoms with Crippen LogP contribution in [-0.2, 0) is 41.7 Å². The number of carbonyl (C=O) groups excluding carboxylic acids is 4. The molecule has 1 aliphatic carbocycles. The van der Waals surface area contributed by atoms with Crippen LogP contribution in [0.1, 0.15) is 43.7 Å². The predicted molar refractivity (Wildman–Crippen MR) is 139 cm³/mol. The van der Waals surface area contributed by atoms with Gasteiger partial charge in [0.25, 0.3) is 0 Å². The second-order valence-corrected chi connectivity index (χ2v) is 10.7. The van der Waals surface area contributed by atoms with Gasteiger partial charge in [-0.2, -0.15) is 0 Å². The average Bonchev–Trinajstić information content (AvgIpc) is 3.24. The summed E-state index contributed by atoms with van der Waals surface area (Å²) < 4.78 is 30.7. The first-order chi connectivity index (χ1) is 19.2. The molecule has 1 saturated carbocycles. The fourth-order valence-corrected chi connectivity index (χ4v) is 5.67. The molecule has 3 N–H and O–H groups in total. The van der Waals surface area contributed by atoms with E-state index in [1.165, 1.54) is 15.9 Å². The van der Waals surface area contributed by atoms with Gasteiger partial charge in [-0.1, -0.05) is 24.3 Å². The van der Waals surface area contributed by atoms with Crippen LogP contribution in [0.25, 0.3) is 0 Å². The van der Waals surface area contributed by atoms with Gasteiger partial charge in [0.1, 0.15) is 29.5 Å². The minimum atomic E-state index is -1.21. The second-order valence-electron chi connectivity index (χ2n) is 10.7. The number of nitrogens with zero attached hydrogens (tertiary/aromatic N) is 2. The van der Waals surface area contributed by atoms with Crippen molar-refractivity contribution in [3.05, 3.63) is 47.3 Å². The van der Waals surface area contributed by atoms with Crippen molar-refractivity contribution in [3.63, 3.8) is 0 Å². The molecule has 5 rings (SSSR count). The third kappa shape index (κ3) is 5.55. The van der Waals surface area contributed by atoms with Crippen LogP contribution in [0.15, 0.2) is 30.4 Å². The molecule has 0 bridgehead atoms. The van der Waals surface area contributed by atoms with Gasteiger partial charge < -0.3 is 30.2 Å². The zero-order chi connectivity index (χ0) is 28.4. The summed E-state index contributed by atoms with van der Waals surface area (Å²) >= 11 is 0. The molecule has 0 spiro atoms. The number of carbonyl (C=O) groups is 4. The second kappa shape index (κ2) is 11.5. The first-order valence-corrected chi connectivity index (χ1v) is 13.7. The molecule has 1 saturated heterocycles. The number of nitrogens with two attached hydrogens (primary N) is 1. The molecule has 3 amide bonds. The van der Waals surface area contributed by atoms with E-state index in [2.05, 4.69) is 5.32 Å². The number of halogens is 1. The molecule has 1 aromatic rings. The highest BCUT2D eigenvalue weighted by atomic mass is 19.1. The van der Waals surface area contributed by atoms with Crippen molar-refractivity contribution in [2.24, 2.45) is 11.7 Å². The molecular weight excluding hydrogens is 523 g/mol. The van der Waals surface area contributed by atoms with Crippen LogP contribution < -0.4 is 11.1 Å². The molecule has 40 heavy (non-hydrogen) atoms. The van der Waals surface area contributed by atoms with Crippen LogP contribution >= 0.6 is 0 Å². The van der Waals surface area contributed by atoms with E-state index < -0.39 is 47.6 Å². The molecule has 1 aromatic carbocycles. The summed E-state index contributed by atoms with van der Waals surface area (Å²) in [5.74, 6) is -2.21. The van der Waals surface area contributed by atoms with Crippen LogP contribution in [0.2, 0.25) is 0 Å². The third-order valence-electron chi connectivity index (χ3n) is 7.94. The molecule has 5 atom stereocenters. The van der Waals surface area contributed by atoms with E-state index in [1.807, 2.05) is 12.2 Å². The molecule has 11 nitrogen and oxygen atoms in total. The summed E-state index contributed by atoms with van der Waals surface area (Å²) in [6.45, 7) is 2.45. The summed E-state index contributed by atoms with van der Waals surface area (Å²) in [6.07, 6.45) is 4.20. The Bertz CT molecular complexity index is 1210. The smallest absolute Gasteiger partial charge is 0.410 e. The zero-order valence-corrected chi connectivity index (χ0v) is 22.5. The maximum absolute atomic E-state index is 14.2. The lowest BCUT2D eigenvalue weighted by Gasteiger charge is -2.28. The van der Waals surface area contributed by atoms with Crippen LogP contribution in [0.4, 0.5) is 9.18 Å². The van der Waals surface area contributed by atoms with Gasteiger partial charge in [-0.05, 0) is 37.8 Å². The van der Waals surface area contributed by atoms with Gasteiger partial charge in [-0.3, -0.25) is 14.5 Å². The Hall–Kier alpha value is -3.51. The van der Waals surface area contributed by atoms with Crippen LogP contribution in [0.3, 0.4) is 0 Å². The number of benzene rings is 1. The largest absolute Gasteiger partial charge is 0.464 e. The van der Waals surface area contributed by atoms with E-state index in [0.29, 0.717) is 37.0 Å². The Kier molecular flexibility index (Phi) is 8.09. The van der Waals surface area contributed by atoms with Crippen molar-refractivity contribution in [1.82, 2.24) is 15.1 Å². The quantitative estimate of drug-likeness (QED) is 0.419. The van der Waals surface area contributed by atoms with Gasteiger partial charge in [0.05, 0.1) is 26.3 Å². The highest BCUT2D eigenvalue weighted by molar-refractivity contribution is 5.96. The van der Waals surface area contributed by atoms with Crippen molar-refractivity contribution in [3.8, 4) is 0 Å². The van der Waals surface area contributed by atoms with Crippen LogP contribution in [-0.4, -0.2) is 83.8 Å². The number of amides is 3. The van der Waals surface area contributed by atoms with Gasteiger partial charge in [0.15, 0.2) is 0 Å². The van der Waals surface area contributed by atoms with Crippen LogP contribution in [0, 0.1) is 11.7 Å². The van der Waals surface area contributed by atoms with E-state index in [9.17, 15) is 23.6 Å².